The zero-order valence-electron chi connectivity index (χ0n) is 14.4. The number of carbonyl (C=O) groups is 1. The van der Waals surface area contributed by atoms with Crippen molar-refractivity contribution in [2.45, 2.75) is 83.7 Å². The van der Waals surface area contributed by atoms with Crippen LogP contribution in [-0.4, -0.2) is 17.2 Å². The summed E-state index contributed by atoms with van der Waals surface area (Å²) in [5.41, 5.74) is 0. The summed E-state index contributed by atoms with van der Waals surface area (Å²) in [5, 5.41) is 8.65. The van der Waals surface area contributed by atoms with Gasteiger partial charge in [0.05, 0.1) is 5.76 Å². The summed E-state index contributed by atoms with van der Waals surface area (Å²) in [7, 11) is 0. The molecule has 0 aromatic rings. The highest BCUT2D eigenvalue weighted by Crippen LogP contribution is 2.44. The van der Waals surface area contributed by atoms with Crippen LogP contribution in [-0.2, 0) is 9.53 Å². The molecule has 3 nitrogen and oxygen atoms in total. The number of carboxylic acid groups (broad SMARTS) is 1. The molecule has 2 fully saturated rings. The molecule has 0 spiro atoms. The zero-order valence-corrected chi connectivity index (χ0v) is 14.4. The highest BCUT2D eigenvalue weighted by Gasteiger charge is 2.42. The number of allylic oxidation sites excluding steroid dienone is 2. The van der Waals surface area contributed by atoms with Crippen molar-refractivity contribution in [1.29, 1.82) is 0 Å². The molecule has 3 heteroatoms. The fraction of sp³-hybridized carbons (Fsp3) is 0.750. The van der Waals surface area contributed by atoms with Crippen LogP contribution in [0.5, 0.6) is 0 Å². The monoisotopic (exact) mass is 318 g/mol. The third-order valence-electron chi connectivity index (χ3n) is 4.91. The van der Waals surface area contributed by atoms with Crippen molar-refractivity contribution in [3.05, 3.63) is 11.8 Å². The Bertz CT molecular complexity index is 469. The van der Waals surface area contributed by atoms with E-state index in [1.54, 1.807) is 0 Å². The Morgan fingerprint density at radius 1 is 1.30 bits per heavy atom. The molecule has 3 atom stereocenters. The normalized spacial score (nSPS) is 27.3. The Morgan fingerprint density at radius 2 is 2.17 bits per heavy atom. The lowest BCUT2D eigenvalue weighted by atomic mass is 9.93. The average molecular weight is 318 g/mol. The molecule has 1 N–H and O–H groups in total. The fourth-order valence-electron chi connectivity index (χ4n) is 3.60. The number of aliphatic carboxylic acids is 1. The second-order valence-corrected chi connectivity index (χ2v) is 6.80. The topological polar surface area (TPSA) is 46.5 Å². The number of ether oxygens (including phenoxy) is 1. The van der Waals surface area contributed by atoms with Crippen molar-refractivity contribution in [2.75, 3.05) is 0 Å². The third-order valence-corrected chi connectivity index (χ3v) is 4.91. The van der Waals surface area contributed by atoms with E-state index in [0.29, 0.717) is 24.4 Å². The Labute approximate surface area is 140 Å². The van der Waals surface area contributed by atoms with E-state index in [1.807, 2.05) is 0 Å². The van der Waals surface area contributed by atoms with Crippen LogP contribution in [0.2, 0.25) is 0 Å². The largest absolute Gasteiger partial charge is 0.495 e. The summed E-state index contributed by atoms with van der Waals surface area (Å²) in [6.45, 7) is 2.23. The van der Waals surface area contributed by atoms with Crippen molar-refractivity contribution in [3.63, 3.8) is 0 Å². The number of hydrogen-bond acceptors (Lipinski definition) is 2. The Hall–Kier alpha value is -1.43. The van der Waals surface area contributed by atoms with E-state index < -0.39 is 5.97 Å². The van der Waals surface area contributed by atoms with Gasteiger partial charge in [-0.25, -0.2) is 0 Å². The van der Waals surface area contributed by atoms with Gasteiger partial charge in [0.2, 0.25) is 0 Å². The molecule has 0 radical (unpaired) electrons. The van der Waals surface area contributed by atoms with Crippen LogP contribution in [0.3, 0.4) is 0 Å². The van der Waals surface area contributed by atoms with Crippen LogP contribution in [0.4, 0.5) is 0 Å². The predicted molar refractivity (Wildman–Crippen MR) is 91.8 cm³/mol. The molecule has 23 heavy (non-hydrogen) atoms. The quantitative estimate of drug-likeness (QED) is 0.510. The van der Waals surface area contributed by atoms with Gasteiger partial charge < -0.3 is 9.84 Å². The van der Waals surface area contributed by atoms with Gasteiger partial charge in [-0.3, -0.25) is 4.79 Å². The van der Waals surface area contributed by atoms with Crippen LogP contribution in [0.15, 0.2) is 11.8 Å². The first-order valence-electron chi connectivity index (χ1n) is 9.26. The Balaban J connectivity index is 1.72. The maximum atomic E-state index is 10.5. The number of unbranched alkanes of at least 4 members (excludes halogenated alkanes) is 5. The smallest absolute Gasteiger partial charge is 0.303 e. The van der Waals surface area contributed by atoms with Gasteiger partial charge in [0, 0.05) is 31.1 Å². The second kappa shape index (κ2) is 9.65. The van der Waals surface area contributed by atoms with Gasteiger partial charge in [-0.15, -0.1) is 5.92 Å². The molecule has 1 aliphatic heterocycles. The summed E-state index contributed by atoms with van der Waals surface area (Å²) in [5.74, 6) is 8.29. The van der Waals surface area contributed by atoms with Gasteiger partial charge in [0.25, 0.3) is 0 Å². The Morgan fingerprint density at radius 3 is 2.96 bits per heavy atom. The van der Waals surface area contributed by atoms with Gasteiger partial charge >= 0.3 is 5.97 Å². The lowest BCUT2D eigenvalue weighted by molar-refractivity contribution is -0.137. The summed E-state index contributed by atoms with van der Waals surface area (Å²) in [6.07, 6.45) is 13.6. The Kier molecular flexibility index (Phi) is 7.52. The van der Waals surface area contributed by atoms with Gasteiger partial charge in [0.1, 0.15) is 6.10 Å². The van der Waals surface area contributed by atoms with Crippen LogP contribution in [0.1, 0.15) is 77.6 Å². The van der Waals surface area contributed by atoms with Gasteiger partial charge in [-0.2, -0.15) is 0 Å². The van der Waals surface area contributed by atoms with Crippen molar-refractivity contribution in [2.24, 2.45) is 11.8 Å². The van der Waals surface area contributed by atoms with E-state index in [1.165, 1.54) is 32.1 Å². The molecular formula is C20H30O3. The maximum absolute atomic E-state index is 10.5. The molecule has 1 saturated heterocycles. The minimum atomic E-state index is -0.720. The lowest BCUT2D eigenvalue weighted by Crippen LogP contribution is -2.12. The third kappa shape index (κ3) is 5.94. The molecule has 0 aromatic carbocycles. The van der Waals surface area contributed by atoms with Gasteiger partial charge in [-0.05, 0) is 38.2 Å². The highest BCUT2D eigenvalue weighted by molar-refractivity contribution is 5.66. The molecule has 0 bridgehead atoms. The van der Waals surface area contributed by atoms with Crippen molar-refractivity contribution >= 4 is 5.97 Å². The molecule has 2 aliphatic rings. The first-order chi connectivity index (χ1) is 11.2. The first-order valence-corrected chi connectivity index (χ1v) is 9.26. The van der Waals surface area contributed by atoms with E-state index >= 15 is 0 Å². The summed E-state index contributed by atoms with van der Waals surface area (Å²) < 4.78 is 6.03. The zero-order chi connectivity index (χ0) is 16.5. The number of fused-ring (bicyclic) bond motifs is 1. The van der Waals surface area contributed by atoms with Gasteiger partial charge in [-0.1, -0.05) is 32.1 Å². The molecule has 1 unspecified atom stereocenters. The van der Waals surface area contributed by atoms with E-state index in [2.05, 4.69) is 24.8 Å². The van der Waals surface area contributed by atoms with E-state index in [9.17, 15) is 4.79 Å². The van der Waals surface area contributed by atoms with Crippen molar-refractivity contribution in [1.82, 2.24) is 0 Å². The summed E-state index contributed by atoms with van der Waals surface area (Å²) >= 11 is 0. The predicted octanol–water partition coefficient (Wildman–Crippen LogP) is 4.91. The summed E-state index contributed by atoms with van der Waals surface area (Å²) in [4.78, 5) is 10.5. The number of carboxylic acids is 1. The van der Waals surface area contributed by atoms with E-state index in [-0.39, 0.29) is 6.42 Å². The molecule has 128 valence electrons. The van der Waals surface area contributed by atoms with E-state index in [4.69, 9.17) is 9.84 Å². The first kappa shape index (κ1) is 17.9. The minimum Gasteiger partial charge on any atom is -0.495 e. The molecule has 0 amide bonds. The maximum Gasteiger partial charge on any atom is 0.303 e. The molecule has 2 rings (SSSR count). The highest BCUT2D eigenvalue weighted by atomic mass is 16.5. The number of rotatable bonds is 8. The van der Waals surface area contributed by atoms with Crippen molar-refractivity contribution < 1.29 is 14.6 Å². The fourth-order valence-corrected chi connectivity index (χ4v) is 3.60. The molecule has 1 saturated carbocycles. The minimum absolute atomic E-state index is 0.239. The van der Waals surface area contributed by atoms with E-state index in [0.717, 1.165) is 31.4 Å². The van der Waals surface area contributed by atoms with Crippen molar-refractivity contribution in [3.8, 4) is 11.8 Å². The standard InChI is InChI=1S/C20H30O3/c1-2-3-4-5-6-7-10-16-13-14-19-18(16)15-17(23-19)11-8-9-12-20(21)22/h11,16,18-19H,2-6,8-9,12-15H2,1H3,(H,21,22)/t16-,18+,19?/m0/s1. The second-order valence-electron chi connectivity index (χ2n) is 6.80. The SMILES string of the molecule is CCCCCCC#C[C@H]1CCC2OC(=CCCCC(=O)O)C[C@@H]21. The van der Waals surface area contributed by atoms with Gasteiger partial charge in [0.15, 0.2) is 0 Å². The average Bonchev–Trinajstić information content (AvgIpc) is 3.08. The molecule has 0 aromatic heterocycles. The number of hydrogen-bond donors (Lipinski definition) is 1. The molecule has 1 heterocycles. The van der Waals surface area contributed by atoms with Crippen LogP contribution < -0.4 is 0 Å². The summed E-state index contributed by atoms with van der Waals surface area (Å²) in [6, 6.07) is 0. The molecular weight excluding hydrogens is 288 g/mol. The molecule has 1 aliphatic carbocycles. The lowest BCUT2D eigenvalue weighted by Gasteiger charge is -2.09. The van der Waals surface area contributed by atoms with Crippen LogP contribution in [0.25, 0.3) is 0 Å². The van der Waals surface area contributed by atoms with Crippen LogP contribution in [0, 0.1) is 23.7 Å². The van der Waals surface area contributed by atoms with Crippen LogP contribution >= 0.6 is 0 Å².